The number of carbonyl (C=O) groups is 2. The highest BCUT2D eigenvalue weighted by Gasteiger charge is 2.28. The van der Waals surface area contributed by atoms with Gasteiger partial charge in [0.25, 0.3) is 0 Å². The van der Waals surface area contributed by atoms with Gasteiger partial charge in [-0.15, -0.1) is 23.5 Å². The minimum absolute atomic E-state index is 0.0981. The highest BCUT2D eigenvalue weighted by molar-refractivity contribution is 8.13. The van der Waals surface area contributed by atoms with Crippen LogP contribution in [-0.2, 0) is 0 Å². The van der Waals surface area contributed by atoms with Gasteiger partial charge in [0.05, 0.1) is 0 Å². The zero-order valence-electron chi connectivity index (χ0n) is 12.1. The molecule has 0 radical (unpaired) electrons. The molecule has 2 nitrogen and oxygen atoms in total. The summed E-state index contributed by atoms with van der Waals surface area (Å²) in [6.07, 6.45) is 6.89. The van der Waals surface area contributed by atoms with Gasteiger partial charge in [-0.05, 0) is 53.3 Å². The molecule has 0 heterocycles. The molecule has 0 spiro atoms. The van der Waals surface area contributed by atoms with E-state index in [-0.39, 0.29) is 11.6 Å². The predicted molar refractivity (Wildman–Crippen MR) is 95.6 cm³/mol. The van der Waals surface area contributed by atoms with E-state index in [1.54, 1.807) is 23.5 Å². The quantitative estimate of drug-likeness (QED) is 0.806. The molecule has 4 rings (SSSR count). The Morgan fingerprint density at radius 1 is 0.636 bits per heavy atom. The highest BCUT2D eigenvalue weighted by Crippen LogP contribution is 2.51. The van der Waals surface area contributed by atoms with Crippen LogP contribution in [0.5, 0.6) is 0 Å². The summed E-state index contributed by atoms with van der Waals surface area (Å²) in [7, 11) is 0. The largest absolute Gasteiger partial charge is 0.289 e. The molecule has 2 aromatic rings. The van der Waals surface area contributed by atoms with Gasteiger partial charge in [-0.2, -0.15) is 0 Å². The number of rotatable bonds is 2. The second kappa shape index (κ2) is 4.86. The smallest absolute Gasteiger partial charge is 0.186 e. The van der Waals surface area contributed by atoms with Crippen LogP contribution in [-0.4, -0.2) is 24.1 Å². The Morgan fingerprint density at radius 2 is 1.00 bits per heavy atom. The Kier molecular flexibility index (Phi) is 3.06. The van der Waals surface area contributed by atoms with Crippen LogP contribution in [0.25, 0.3) is 20.6 Å². The van der Waals surface area contributed by atoms with Crippen LogP contribution in [0.15, 0.2) is 36.4 Å². The van der Waals surface area contributed by atoms with Crippen LogP contribution in [0.3, 0.4) is 0 Å². The van der Waals surface area contributed by atoms with Gasteiger partial charge in [0, 0.05) is 26.3 Å². The fourth-order valence-electron chi connectivity index (χ4n) is 3.27. The minimum atomic E-state index is -0.0981. The molecule has 22 heavy (non-hydrogen) atoms. The summed E-state index contributed by atoms with van der Waals surface area (Å²) in [6, 6.07) is 7.74. The van der Waals surface area contributed by atoms with Crippen molar-refractivity contribution in [2.24, 2.45) is 0 Å². The van der Waals surface area contributed by atoms with Crippen LogP contribution >= 0.6 is 23.5 Å². The number of carbonyl (C=O) groups excluding carboxylic acids is 2. The van der Waals surface area contributed by atoms with Gasteiger partial charge < -0.3 is 0 Å². The average molecular weight is 324 g/mol. The van der Waals surface area contributed by atoms with Crippen molar-refractivity contribution in [3.63, 3.8) is 0 Å². The van der Waals surface area contributed by atoms with Crippen molar-refractivity contribution < 1.29 is 9.59 Å². The van der Waals surface area contributed by atoms with Gasteiger partial charge in [-0.1, -0.05) is 12.1 Å². The van der Waals surface area contributed by atoms with E-state index in [2.05, 4.69) is 12.5 Å². The van der Waals surface area contributed by atoms with Gasteiger partial charge >= 0.3 is 0 Å². The summed E-state index contributed by atoms with van der Waals surface area (Å²) in [4.78, 5) is 27.1. The number of hydrogen-bond donors (Lipinski definition) is 0. The van der Waals surface area contributed by atoms with Crippen molar-refractivity contribution in [3.05, 3.63) is 58.7 Å². The fourth-order valence-corrected chi connectivity index (χ4v) is 5.14. The van der Waals surface area contributed by atoms with E-state index in [0.29, 0.717) is 11.1 Å². The van der Waals surface area contributed by atoms with Crippen LogP contribution in [0.2, 0.25) is 0 Å². The van der Waals surface area contributed by atoms with Crippen LogP contribution in [0, 0.1) is 0 Å². The summed E-state index contributed by atoms with van der Waals surface area (Å²) in [5.74, 6) is -0.196. The molecule has 0 N–H and O–H groups in total. The van der Waals surface area contributed by atoms with E-state index in [4.69, 9.17) is 0 Å². The van der Waals surface area contributed by atoms with Gasteiger partial charge in [-0.3, -0.25) is 9.59 Å². The first-order valence-electron chi connectivity index (χ1n) is 6.87. The molecule has 0 bridgehead atoms. The van der Waals surface area contributed by atoms with E-state index in [9.17, 15) is 9.59 Å². The summed E-state index contributed by atoms with van der Waals surface area (Å²) >= 11 is 3.42. The first-order chi connectivity index (χ1) is 10.7. The Hall–Kier alpha value is -1.78. The summed E-state index contributed by atoms with van der Waals surface area (Å²) in [5, 5.41) is 1.86. The normalized spacial score (nSPS) is 15.9. The monoisotopic (exact) mass is 324 g/mol. The lowest BCUT2D eigenvalue weighted by molar-refractivity contribution is 0.102. The number of thioether (sulfide) groups is 2. The van der Waals surface area contributed by atoms with Gasteiger partial charge in [0.15, 0.2) is 11.6 Å². The number of hydrogen-bond acceptors (Lipinski definition) is 4. The standard InChI is InChI=1S/C18H12O2S2/c1-21-17-11-5-3-9-13(19)7-8-14(20)10-4-6-12(18(17)22-2)16(11)15(9)10/h3-8H,1-2H3. The zero-order chi connectivity index (χ0) is 15.4. The molecule has 0 saturated heterocycles. The van der Waals surface area contributed by atoms with Crippen LogP contribution in [0.4, 0.5) is 0 Å². The summed E-state index contributed by atoms with van der Waals surface area (Å²) < 4.78 is 0. The number of benzene rings is 2. The third kappa shape index (κ3) is 1.65. The highest BCUT2D eigenvalue weighted by atomic mass is 32.2. The van der Waals surface area contributed by atoms with Crippen molar-refractivity contribution in [2.45, 2.75) is 0 Å². The Morgan fingerprint density at radius 3 is 1.41 bits per heavy atom. The Balaban J connectivity index is 2.21. The van der Waals surface area contributed by atoms with Gasteiger partial charge in [-0.25, -0.2) is 0 Å². The van der Waals surface area contributed by atoms with Gasteiger partial charge in [0.1, 0.15) is 0 Å². The number of allylic oxidation sites excluding steroid dienone is 2. The fraction of sp³-hybridized carbons (Fsp3) is 0.111. The average Bonchev–Trinajstić information content (AvgIpc) is 2.80. The molecule has 2 aliphatic carbocycles. The van der Waals surface area contributed by atoms with Crippen molar-refractivity contribution >= 4 is 55.7 Å². The molecule has 0 aliphatic heterocycles. The second-order valence-corrected chi connectivity index (χ2v) is 6.83. The lowest BCUT2D eigenvalue weighted by atomic mass is 9.93. The SMILES string of the molecule is CSC1=C(SC)c2ccc3c4c(ccc1c24)C(=O)C=CC3=O. The third-order valence-electron chi connectivity index (χ3n) is 4.18. The molecule has 0 fully saturated rings. The first kappa shape index (κ1) is 13.9. The zero-order valence-corrected chi connectivity index (χ0v) is 13.7. The van der Waals surface area contributed by atoms with E-state index >= 15 is 0 Å². The van der Waals surface area contributed by atoms with Crippen molar-refractivity contribution in [1.29, 1.82) is 0 Å². The molecule has 4 heteroatoms. The summed E-state index contributed by atoms with van der Waals surface area (Å²) in [5.41, 5.74) is 3.52. The van der Waals surface area contributed by atoms with Crippen molar-refractivity contribution in [1.82, 2.24) is 0 Å². The maximum Gasteiger partial charge on any atom is 0.186 e. The van der Waals surface area contributed by atoms with Crippen LogP contribution in [0.1, 0.15) is 31.8 Å². The van der Waals surface area contributed by atoms with Gasteiger partial charge in [0.2, 0.25) is 0 Å². The molecule has 0 unspecified atom stereocenters. The maximum absolute atomic E-state index is 12.3. The first-order valence-corrected chi connectivity index (χ1v) is 9.31. The molecule has 0 atom stereocenters. The number of ketones is 2. The molecule has 0 aromatic heterocycles. The van der Waals surface area contributed by atoms with E-state index in [1.807, 2.05) is 24.3 Å². The van der Waals surface area contributed by atoms with Crippen molar-refractivity contribution in [2.75, 3.05) is 12.5 Å². The third-order valence-corrected chi connectivity index (χ3v) is 5.98. The molecule has 108 valence electrons. The Bertz CT molecular complexity index is 865. The molecule has 0 amide bonds. The molecular formula is C18H12O2S2. The van der Waals surface area contributed by atoms with Crippen molar-refractivity contribution in [3.8, 4) is 0 Å². The second-order valence-electron chi connectivity index (χ2n) is 5.20. The molecule has 2 aliphatic rings. The molecule has 2 aromatic carbocycles. The van der Waals surface area contributed by atoms with Crippen LogP contribution < -0.4 is 0 Å². The van der Waals surface area contributed by atoms with E-state index in [1.165, 1.54) is 22.0 Å². The molecule has 0 saturated carbocycles. The Labute approximate surface area is 136 Å². The molecular weight excluding hydrogens is 312 g/mol. The summed E-state index contributed by atoms with van der Waals surface area (Å²) in [6.45, 7) is 0. The lowest BCUT2D eigenvalue weighted by Gasteiger charge is -2.10. The predicted octanol–water partition coefficient (Wildman–Crippen LogP) is 4.64. The lowest BCUT2D eigenvalue weighted by Crippen LogP contribution is -1.99. The van der Waals surface area contributed by atoms with E-state index in [0.717, 1.165) is 21.9 Å². The minimum Gasteiger partial charge on any atom is -0.289 e. The van der Waals surface area contributed by atoms with E-state index < -0.39 is 0 Å². The maximum atomic E-state index is 12.3. The topological polar surface area (TPSA) is 34.1 Å².